The molecule has 9 heteroatoms. The van der Waals surface area contributed by atoms with Crippen LogP contribution in [0.1, 0.15) is 10.4 Å². The molecular formula is C14H10BrF2NO4S. The fraction of sp³-hybridized carbons (Fsp3) is 0.0714. The Bertz CT molecular complexity index is 831. The summed E-state index contributed by atoms with van der Waals surface area (Å²) in [6.45, 7) is 0. The molecule has 23 heavy (non-hydrogen) atoms. The van der Waals surface area contributed by atoms with Gasteiger partial charge in [-0.3, -0.25) is 4.72 Å². The first-order valence-corrected chi connectivity index (χ1v) is 8.38. The molecule has 1 N–H and O–H groups in total. The molecule has 2 rings (SSSR count). The first-order chi connectivity index (χ1) is 10.7. The summed E-state index contributed by atoms with van der Waals surface area (Å²) >= 11 is 2.83. The molecule has 0 spiro atoms. The predicted octanol–water partition coefficient (Wildman–Crippen LogP) is 3.31. The van der Waals surface area contributed by atoms with E-state index in [9.17, 15) is 22.0 Å². The number of hydrogen-bond acceptors (Lipinski definition) is 4. The van der Waals surface area contributed by atoms with Crippen molar-refractivity contribution in [2.24, 2.45) is 0 Å². The van der Waals surface area contributed by atoms with Crippen molar-refractivity contribution in [2.45, 2.75) is 4.90 Å². The van der Waals surface area contributed by atoms with E-state index in [0.717, 1.165) is 6.07 Å². The number of halogens is 3. The highest BCUT2D eigenvalue weighted by Crippen LogP contribution is 2.28. The molecule has 0 heterocycles. The number of methoxy groups -OCH3 is 1. The van der Waals surface area contributed by atoms with E-state index in [0.29, 0.717) is 6.07 Å². The molecular weight excluding hydrogens is 396 g/mol. The van der Waals surface area contributed by atoms with Crippen molar-refractivity contribution in [1.29, 1.82) is 0 Å². The fourth-order valence-corrected chi connectivity index (χ4v) is 4.01. The largest absolute Gasteiger partial charge is 0.465 e. The molecule has 122 valence electrons. The number of ether oxygens (including phenoxy) is 1. The lowest BCUT2D eigenvalue weighted by molar-refractivity contribution is 0.0601. The molecule has 0 aliphatic rings. The maximum absolute atomic E-state index is 13.8. The molecule has 0 radical (unpaired) electrons. The van der Waals surface area contributed by atoms with Crippen molar-refractivity contribution in [2.75, 3.05) is 11.8 Å². The summed E-state index contributed by atoms with van der Waals surface area (Å²) in [4.78, 5) is 10.6. The maximum Gasteiger partial charge on any atom is 0.337 e. The van der Waals surface area contributed by atoms with Gasteiger partial charge in [-0.2, -0.15) is 0 Å². The molecule has 0 aliphatic carbocycles. The lowest BCUT2D eigenvalue weighted by Crippen LogP contribution is -2.15. The van der Waals surface area contributed by atoms with E-state index in [2.05, 4.69) is 25.4 Å². The van der Waals surface area contributed by atoms with Crippen LogP contribution in [-0.4, -0.2) is 21.5 Å². The molecule has 0 fully saturated rings. The van der Waals surface area contributed by atoms with Crippen LogP contribution in [0, 0.1) is 11.6 Å². The maximum atomic E-state index is 13.8. The van der Waals surface area contributed by atoms with Crippen molar-refractivity contribution in [3.63, 3.8) is 0 Å². The normalized spacial score (nSPS) is 11.1. The smallest absolute Gasteiger partial charge is 0.337 e. The molecule has 0 unspecified atom stereocenters. The fourth-order valence-electron chi connectivity index (χ4n) is 1.78. The van der Waals surface area contributed by atoms with Crippen LogP contribution in [0.15, 0.2) is 45.8 Å². The van der Waals surface area contributed by atoms with Gasteiger partial charge in [0, 0.05) is 16.2 Å². The summed E-state index contributed by atoms with van der Waals surface area (Å²) in [5.41, 5.74) is 0.331. The number of anilines is 1. The van der Waals surface area contributed by atoms with Gasteiger partial charge >= 0.3 is 5.97 Å². The van der Waals surface area contributed by atoms with Crippen molar-refractivity contribution >= 4 is 37.6 Å². The van der Waals surface area contributed by atoms with Crippen LogP contribution in [0.4, 0.5) is 14.5 Å². The third-order valence-corrected chi connectivity index (χ3v) is 5.13. The van der Waals surface area contributed by atoms with Crippen LogP contribution in [0.3, 0.4) is 0 Å². The van der Waals surface area contributed by atoms with Gasteiger partial charge in [0.1, 0.15) is 16.5 Å². The minimum Gasteiger partial charge on any atom is -0.465 e. The lowest BCUT2D eigenvalue weighted by atomic mass is 10.2. The first kappa shape index (κ1) is 17.4. The highest BCUT2D eigenvalue weighted by Gasteiger charge is 2.24. The zero-order chi connectivity index (χ0) is 17.2. The summed E-state index contributed by atoms with van der Waals surface area (Å²) in [6, 6.07) is 6.65. The molecule has 0 aliphatic heterocycles. The van der Waals surface area contributed by atoms with Gasteiger partial charge in [0.2, 0.25) is 0 Å². The molecule has 0 aromatic heterocycles. The highest BCUT2D eigenvalue weighted by atomic mass is 79.9. The molecule has 0 bridgehead atoms. The summed E-state index contributed by atoms with van der Waals surface area (Å²) < 4.78 is 57.7. The Morgan fingerprint density at radius 3 is 2.30 bits per heavy atom. The third kappa shape index (κ3) is 3.85. The zero-order valence-corrected chi connectivity index (χ0v) is 14.0. The van der Waals surface area contributed by atoms with E-state index < -0.39 is 32.5 Å². The van der Waals surface area contributed by atoms with Gasteiger partial charge < -0.3 is 4.74 Å². The lowest BCUT2D eigenvalue weighted by Gasteiger charge is -2.11. The number of benzene rings is 2. The Morgan fingerprint density at radius 1 is 1.17 bits per heavy atom. The van der Waals surface area contributed by atoms with Crippen LogP contribution < -0.4 is 4.72 Å². The quantitative estimate of drug-likeness (QED) is 0.791. The Labute approximate surface area is 139 Å². The predicted molar refractivity (Wildman–Crippen MR) is 82.6 cm³/mol. The number of carbonyl (C=O) groups is 1. The average Bonchev–Trinajstić information content (AvgIpc) is 2.45. The van der Waals surface area contributed by atoms with E-state index in [1.807, 2.05) is 0 Å². The van der Waals surface area contributed by atoms with E-state index in [1.165, 1.54) is 31.4 Å². The van der Waals surface area contributed by atoms with Crippen LogP contribution in [0.5, 0.6) is 0 Å². The van der Waals surface area contributed by atoms with Crippen molar-refractivity contribution < 1.29 is 26.7 Å². The number of sulfonamides is 1. The van der Waals surface area contributed by atoms with Gasteiger partial charge in [0.25, 0.3) is 10.0 Å². The minimum absolute atomic E-state index is 0.105. The SMILES string of the molecule is COC(=O)c1ccc(NS(=O)(=O)c2c(F)cc(F)cc2Br)cc1. The second kappa shape index (κ2) is 6.63. The topological polar surface area (TPSA) is 72.5 Å². The number of esters is 1. The van der Waals surface area contributed by atoms with Crippen LogP contribution in [0.2, 0.25) is 0 Å². The first-order valence-electron chi connectivity index (χ1n) is 6.10. The van der Waals surface area contributed by atoms with Gasteiger partial charge in [-0.15, -0.1) is 0 Å². The van der Waals surface area contributed by atoms with Crippen LogP contribution >= 0.6 is 15.9 Å². The molecule has 0 atom stereocenters. The van der Waals surface area contributed by atoms with Crippen molar-refractivity contribution in [3.05, 3.63) is 58.1 Å². The number of hydrogen-bond donors (Lipinski definition) is 1. The van der Waals surface area contributed by atoms with E-state index in [4.69, 9.17) is 0 Å². The summed E-state index contributed by atoms with van der Waals surface area (Å²) in [5.74, 6) is -2.71. The molecule has 5 nitrogen and oxygen atoms in total. The molecule has 0 saturated heterocycles. The highest BCUT2D eigenvalue weighted by molar-refractivity contribution is 9.10. The van der Waals surface area contributed by atoms with Gasteiger partial charge in [-0.1, -0.05) is 0 Å². The summed E-state index contributed by atoms with van der Waals surface area (Å²) in [7, 11) is -3.07. The summed E-state index contributed by atoms with van der Waals surface area (Å²) in [6.07, 6.45) is 0. The van der Waals surface area contributed by atoms with Gasteiger partial charge in [-0.05, 0) is 46.3 Å². The molecule has 0 amide bonds. The monoisotopic (exact) mass is 405 g/mol. The number of nitrogens with one attached hydrogen (secondary N) is 1. The Hall–Kier alpha value is -2.00. The van der Waals surface area contributed by atoms with Gasteiger partial charge in [0.05, 0.1) is 12.7 Å². The third-order valence-electron chi connectivity index (χ3n) is 2.79. The van der Waals surface area contributed by atoms with Crippen molar-refractivity contribution in [1.82, 2.24) is 0 Å². The van der Waals surface area contributed by atoms with Crippen LogP contribution in [-0.2, 0) is 14.8 Å². The van der Waals surface area contributed by atoms with Gasteiger partial charge in [-0.25, -0.2) is 22.0 Å². The average molecular weight is 406 g/mol. The van der Waals surface area contributed by atoms with Crippen LogP contribution in [0.25, 0.3) is 0 Å². The van der Waals surface area contributed by atoms with Crippen molar-refractivity contribution in [3.8, 4) is 0 Å². The van der Waals surface area contributed by atoms with Gasteiger partial charge in [0.15, 0.2) is 0 Å². The Morgan fingerprint density at radius 2 is 1.78 bits per heavy atom. The second-order valence-corrected chi connectivity index (χ2v) is 6.85. The summed E-state index contributed by atoms with van der Waals surface area (Å²) in [5, 5.41) is 0. The zero-order valence-electron chi connectivity index (χ0n) is 11.6. The molecule has 2 aromatic carbocycles. The number of carbonyl (C=O) groups excluding carboxylic acids is 1. The van der Waals surface area contributed by atoms with E-state index in [1.54, 1.807) is 0 Å². The Balaban J connectivity index is 2.34. The van der Waals surface area contributed by atoms with E-state index >= 15 is 0 Å². The van der Waals surface area contributed by atoms with E-state index in [-0.39, 0.29) is 15.7 Å². The Kier molecular flexibility index (Phi) is 5.00. The minimum atomic E-state index is -4.28. The number of rotatable bonds is 4. The second-order valence-electron chi connectivity index (χ2n) is 4.37. The standard InChI is InChI=1S/C14H10BrF2NO4S/c1-22-14(19)8-2-4-10(5-3-8)18-23(20,21)13-11(15)6-9(16)7-12(13)17/h2-7,18H,1H3. The molecule has 0 saturated carbocycles. The molecule has 2 aromatic rings.